The molecule has 0 aliphatic carbocycles. The van der Waals surface area contributed by atoms with E-state index in [0.29, 0.717) is 16.9 Å². The number of benzene rings is 1. The minimum absolute atomic E-state index is 0.0617. The highest BCUT2D eigenvalue weighted by atomic mass is 16.5. The molecule has 2 heterocycles. The zero-order valence-electron chi connectivity index (χ0n) is 18.5. The first kappa shape index (κ1) is 23.3. The third-order valence-corrected chi connectivity index (χ3v) is 4.78. The van der Waals surface area contributed by atoms with Crippen molar-refractivity contribution in [3.8, 4) is 17.7 Å². The molecule has 2 N–H and O–H groups in total. The van der Waals surface area contributed by atoms with Crippen molar-refractivity contribution < 1.29 is 28.5 Å². The lowest BCUT2D eigenvalue weighted by Gasteiger charge is -2.26. The van der Waals surface area contributed by atoms with Crippen LogP contribution in [0, 0.1) is 11.3 Å². The van der Waals surface area contributed by atoms with Crippen LogP contribution in [-0.2, 0) is 19.0 Å². The van der Waals surface area contributed by atoms with Gasteiger partial charge in [-0.25, -0.2) is 14.6 Å². The lowest BCUT2D eigenvalue weighted by Crippen LogP contribution is -2.25. The predicted octanol–water partition coefficient (Wildman–Crippen LogP) is 3.70. The lowest BCUT2D eigenvalue weighted by molar-refractivity contribution is -0.139. The van der Waals surface area contributed by atoms with Gasteiger partial charge in [-0.1, -0.05) is 12.1 Å². The summed E-state index contributed by atoms with van der Waals surface area (Å²) in [6.07, 6.45) is 1.45. The number of aromatic nitrogens is 1. The predicted molar refractivity (Wildman–Crippen MR) is 117 cm³/mol. The molecule has 1 aliphatic rings. The van der Waals surface area contributed by atoms with E-state index in [2.05, 4.69) is 4.98 Å². The van der Waals surface area contributed by atoms with Gasteiger partial charge in [-0.15, -0.1) is 0 Å². The van der Waals surface area contributed by atoms with Gasteiger partial charge in [-0.2, -0.15) is 5.26 Å². The minimum atomic E-state index is -0.748. The summed E-state index contributed by atoms with van der Waals surface area (Å²) in [7, 11) is 0. The topological polar surface area (TPSA) is 134 Å². The normalized spacial score (nSPS) is 15.4. The second kappa shape index (κ2) is 10.3. The quantitative estimate of drug-likeness (QED) is 0.628. The van der Waals surface area contributed by atoms with Crippen molar-refractivity contribution in [1.29, 1.82) is 5.26 Å². The number of allylic oxidation sites excluding steroid dienone is 2. The fourth-order valence-corrected chi connectivity index (χ4v) is 3.34. The van der Waals surface area contributed by atoms with Crippen LogP contribution in [0.3, 0.4) is 0 Å². The highest BCUT2D eigenvalue weighted by Crippen LogP contribution is 2.40. The molecule has 9 nitrogen and oxygen atoms in total. The molecular weight excluding hydrogens is 426 g/mol. The molecule has 9 heteroatoms. The third-order valence-electron chi connectivity index (χ3n) is 4.78. The Morgan fingerprint density at radius 1 is 1.12 bits per heavy atom. The van der Waals surface area contributed by atoms with Crippen LogP contribution in [0.25, 0.3) is 0 Å². The van der Waals surface area contributed by atoms with Crippen molar-refractivity contribution in [2.24, 2.45) is 5.73 Å². The number of nitrogens with zero attached hydrogens (tertiary/aromatic N) is 2. The molecule has 3 rings (SSSR count). The van der Waals surface area contributed by atoms with Crippen molar-refractivity contribution in [2.45, 2.75) is 26.7 Å². The van der Waals surface area contributed by atoms with E-state index in [9.17, 15) is 14.9 Å². The number of pyridine rings is 1. The number of carbonyl (C=O) groups is 2. The van der Waals surface area contributed by atoms with Gasteiger partial charge >= 0.3 is 11.9 Å². The molecule has 0 radical (unpaired) electrons. The Kier molecular flexibility index (Phi) is 7.31. The summed E-state index contributed by atoms with van der Waals surface area (Å²) in [5.41, 5.74) is 7.18. The molecule has 170 valence electrons. The maximum atomic E-state index is 12.6. The number of ether oxygens (including phenoxy) is 4. The van der Waals surface area contributed by atoms with Crippen LogP contribution in [-0.4, -0.2) is 30.1 Å². The summed E-state index contributed by atoms with van der Waals surface area (Å²) < 4.78 is 21.3. The number of hydrogen-bond acceptors (Lipinski definition) is 9. The molecule has 2 aromatic rings. The zero-order valence-corrected chi connectivity index (χ0v) is 18.5. The first-order valence-electron chi connectivity index (χ1n) is 10.3. The van der Waals surface area contributed by atoms with Gasteiger partial charge in [-0.05, 0) is 44.5 Å². The molecule has 33 heavy (non-hydrogen) atoms. The van der Waals surface area contributed by atoms with Gasteiger partial charge in [0.2, 0.25) is 11.8 Å². The molecule has 0 amide bonds. The molecule has 1 atom stereocenters. The standard InChI is InChI=1S/C24H23N3O6/c1-4-30-23(28)16-10-11-27-19(12-16)33-17-8-6-15(7-9-17)21-18(13-25)22(26)32-14(3)20(21)24(29)31-5-2/h6-12,21H,4-5,26H2,1-3H3. The fraction of sp³-hybridized carbons (Fsp3) is 0.250. The van der Waals surface area contributed by atoms with Gasteiger partial charge in [0, 0.05) is 12.3 Å². The van der Waals surface area contributed by atoms with Crippen molar-refractivity contribution in [2.75, 3.05) is 13.2 Å². The summed E-state index contributed by atoms with van der Waals surface area (Å²) in [6, 6.07) is 11.8. The van der Waals surface area contributed by atoms with Gasteiger partial charge in [0.15, 0.2) is 0 Å². The van der Waals surface area contributed by atoms with Crippen molar-refractivity contribution >= 4 is 11.9 Å². The Morgan fingerprint density at radius 2 is 1.79 bits per heavy atom. The minimum Gasteiger partial charge on any atom is -0.463 e. The molecule has 1 aromatic heterocycles. The van der Waals surface area contributed by atoms with Gasteiger partial charge in [-0.3, -0.25) is 0 Å². The summed E-state index contributed by atoms with van der Waals surface area (Å²) in [5.74, 6) is -0.940. The zero-order chi connectivity index (χ0) is 24.0. The Bertz CT molecular complexity index is 1160. The summed E-state index contributed by atoms with van der Waals surface area (Å²) >= 11 is 0. The number of hydrogen-bond donors (Lipinski definition) is 1. The first-order chi connectivity index (χ1) is 15.9. The number of rotatable bonds is 7. The highest BCUT2D eigenvalue weighted by molar-refractivity contribution is 5.92. The summed E-state index contributed by atoms with van der Waals surface area (Å²) in [5, 5.41) is 9.65. The fourth-order valence-electron chi connectivity index (χ4n) is 3.34. The number of carbonyl (C=O) groups excluding carboxylic acids is 2. The average molecular weight is 449 g/mol. The number of esters is 2. The van der Waals surface area contributed by atoms with Gasteiger partial charge in [0.1, 0.15) is 23.2 Å². The van der Waals surface area contributed by atoms with Crippen LogP contribution in [0.2, 0.25) is 0 Å². The molecule has 1 aliphatic heterocycles. The molecule has 0 bridgehead atoms. The van der Waals surface area contributed by atoms with Crippen LogP contribution in [0.4, 0.5) is 0 Å². The van der Waals surface area contributed by atoms with E-state index in [0.717, 1.165) is 0 Å². The van der Waals surface area contributed by atoms with Crippen LogP contribution < -0.4 is 10.5 Å². The Labute approximate surface area is 191 Å². The van der Waals surface area contributed by atoms with E-state index in [1.54, 1.807) is 45.0 Å². The van der Waals surface area contributed by atoms with E-state index < -0.39 is 17.9 Å². The van der Waals surface area contributed by atoms with Crippen LogP contribution in [0.5, 0.6) is 11.6 Å². The average Bonchev–Trinajstić information content (AvgIpc) is 2.79. The molecule has 0 fully saturated rings. The summed E-state index contributed by atoms with van der Waals surface area (Å²) in [6.45, 7) is 5.45. The van der Waals surface area contributed by atoms with Crippen molar-refractivity contribution in [3.63, 3.8) is 0 Å². The molecule has 1 unspecified atom stereocenters. The molecule has 0 spiro atoms. The van der Waals surface area contributed by atoms with Gasteiger partial charge in [0.05, 0.1) is 30.3 Å². The van der Waals surface area contributed by atoms with Crippen molar-refractivity contribution in [3.05, 3.63) is 76.5 Å². The first-order valence-corrected chi connectivity index (χ1v) is 10.3. The largest absolute Gasteiger partial charge is 0.463 e. The molecular formula is C24H23N3O6. The number of nitriles is 1. The smallest absolute Gasteiger partial charge is 0.338 e. The van der Waals surface area contributed by atoms with Crippen LogP contribution in [0.1, 0.15) is 42.6 Å². The maximum Gasteiger partial charge on any atom is 0.338 e. The Hall–Kier alpha value is -4.32. The van der Waals surface area contributed by atoms with Gasteiger partial charge in [0.25, 0.3) is 0 Å². The monoisotopic (exact) mass is 449 g/mol. The molecule has 0 saturated carbocycles. The van der Waals surface area contributed by atoms with E-state index >= 15 is 0 Å². The van der Waals surface area contributed by atoms with Gasteiger partial charge < -0.3 is 24.7 Å². The van der Waals surface area contributed by atoms with Crippen LogP contribution in [0.15, 0.2) is 65.4 Å². The van der Waals surface area contributed by atoms with E-state index in [1.165, 1.54) is 18.3 Å². The summed E-state index contributed by atoms with van der Waals surface area (Å²) in [4.78, 5) is 28.6. The molecule has 0 saturated heterocycles. The second-order valence-corrected chi connectivity index (χ2v) is 6.89. The van der Waals surface area contributed by atoms with Crippen LogP contribution >= 0.6 is 0 Å². The lowest BCUT2D eigenvalue weighted by atomic mass is 9.83. The second-order valence-electron chi connectivity index (χ2n) is 6.89. The number of nitrogens with two attached hydrogens (primary N) is 1. The third kappa shape index (κ3) is 5.13. The Balaban J connectivity index is 1.89. The SMILES string of the molecule is CCOC(=O)C1=C(C)OC(N)=C(C#N)C1c1ccc(Oc2cc(C(=O)OCC)ccn2)cc1. The molecule has 1 aromatic carbocycles. The maximum absolute atomic E-state index is 12.6. The van der Waals surface area contributed by atoms with E-state index in [4.69, 9.17) is 24.7 Å². The van der Waals surface area contributed by atoms with Crippen molar-refractivity contribution in [1.82, 2.24) is 4.98 Å². The van der Waals surface area contributed by atoms with E-state index in [-0.39, 0.29) is 41.9 Å². The van der Waals surface area contributed by atoms with E-state index in [1.807, 2.05) is 6.07 Å². The highest BCUT2D eigenvalue weighted by Gasteiger charge is 2.36. The Morgan fingerprint density at radius 3 is 2.42 bits per heavy atom.